The van der Waals surface area contributed by atoms with Crippen LogP contribution < -0.4 is 5.32 Å². The monoisotopic (exact) mass is 377 g/mol. The second kappa shape index (κ2) is 9.17. The Morgan fingerprint density at radius 2 is 1.85 bits per heavy atom. The molecule has 1 aromatic heterocycles. The Balaban J connectivity index is 1.95. The number of carbonyl (C=O) groups excluding carboxylic acids is 3. The van der Waals surface area contributed by atoms with Crippen LogP contribution in [-0.4, -0.2) is 59.8 Å². The molecule has 0 unspecified atom stereocenters. The SMILES string of the molecule is CCOC(=O)c1[nH]c(C)c(C(=O)CN2CCC(NC(=O)C(C)C)CC2)c1C. The first kappa shape index (κ1) is 21.2. The molecule has 1 saturated heterocycles. The first-order valence-electron chi connectivity index (χ1n) is 9.66. The number of likely N-dealkylation sites (tertiary alicyclic amines) is 1. The Labute approximate surface area is 160 Å². The van der Waals surface area contributed by atoms with Crippen molar-refractivity contribution < 1.29 is 19.1 Å². The Bertz CT molecular complexity index is 700. The van der Waals surface area contributed by atoms with Gasteiger partial charge in [0.25, 0.3) is 0 Å². The van der Waals surface area contributed by atoms with Crippen LogP contribution in [0, 0.1) is 19.8 Å². The molecule has 1 fully saturated rings. The Morgan fingerprint density at radius 3 is 2.41 bits per heavy atom. The van der Waals surface area contributed by atoms with Crippen molar-refractivity contribution in [3.63, 3.8) is 0 Å². The molecule has 0 bridgehead atoms. The fraction of sp³-hybridized carbons (Fsp3) is 0.650. The summed E-state index contributed by atoms with van der Waals surface area (Å²) in [6.45, 7) is 11.2. The fourth-order valence-electron chi connectivity index (χ4n) is 3.46. The van der Waals surface area contributed by atoms with Gasteiger partial charge in [-0.2, -0.15) is 0 Å². The van der Waals surface area contributed by atoms with E-state index in [0.717, 1.165) is 25.9 Å². The number of Topliss-reactive ketones (excluding diaryl/α,β-unsaturated/α-hetero) is 1. The number of ketones is 1. The van der Waals surface area contributed by atoms with E-state index >= 15 is 0 Å². The summed E-state index contributed by atoms with van der Waals surface area (Å²) >= 11 is 0. The minimum absolute atomic E-state index is 0.00136. The van der Waals surface area contributed by atoms with Crippen LogP contribution in [0.3, 0.4) is 0 Å². The van der Waals surface area contributed by atoms with Gasteiger partial charge in [-0.25, -0.2) is 4.79 Å². The number of ether oxygens (including phenoxy) is 1. The van der Waals surface area contributed by atoms with Crippen LogP contribution in [0.2, 0.25) is 0 Å². The summed E-state index contributed by atoms with van der Waals surface area (Å²) in [6, 6.07) is 0.178. The molecule has 0 spiro atoms. The molecule has 2 heterocycles. The molecule has 0 saturated carbocycles. The highest BCUT2D eigenvalue weighted by molar-refractivity contribution is 6.03. The van der Waals surface area contributed by atoms with E-state index in [1.807, 2.05) is 13.8 Å². The zero-order valence-electron chi connectivity index (χ0n) is 17.0. The summed E-state index contributed by atoms with van der Waals surface area (Å²) < 4.78 is 5.04. The molecule has 1 aliphatic rings. The number of H-pyrrole nitrogens is 1. The summed E-state index contributed by atoms with van der Waals surface area (Å²) in [5.41, 5.74) is 2.27. The van der Waals surface area contributed by atoms with Crippen molar-refractivity contribution in [2.45, 2.75) is 53.5 Å². The van der Waals surface area contributed by atoms with Crippen LogP contribution in [0.4, 0.5) is 0 Å². The first-order chi connectivity index (χ1) is 12.7. The molecule has 0 atom stereocenters. The molecule has 0 radical (unpaired) electrons. The molecule has 1 aromatic rings. The summed E-state index contributed by atoms with van der Waals surface area (Å²) in [6.07, 6.45) is 1.68. The molecule has 0 aliphatic carbocycles. The third kappa shape index (κ3) is 5.19. The van der Waals surface area contributed by atoms with Crippen LogP contribution in [0.25, 0.3) is 0 Å². The molecule has 7 heteroatoms. The normalized spacial score (nSPS) is 15.8. The predicted molar refractivity (Wildman–Crippen MR) is 103 cm³/mol. The minimum Gasteiger partial charge on any atom is -0.461 e. The van der Waals surface area contributed by atoms with Crippen molar-refractivity contribution >= 4 is 17.7 Å². The van der Waals surface area contributed by atoms with Crippen molar-refractivity contribution in [3.8, 4) is 0 Å². The molecule has 1 aliphatic heterocycles. The van der Waals surface area contributed by atoms with E-state index in [4.69, 9.17) is 4.74 Å². The highest BCUT2D eigenvalue weighted by Gasteiger charge is 2.26. The number of nitrogens with one attached hydrogen (secondary N) is 2. The number of piperidine rings is 1. The molecule has 2 N–H and O–H groups in total. The topological polar surface area (TPSA) is 91.5 Å². The van der Waals surface area contributed by atoms with Crippen LogP contribution in [0.15, 0.2) is 0 Å². The van der Waals surface area contributed by atoms with Gasteiger partial charge in [-0.05, 0) is 39.2 Å². The molecule has 7 nitrogen and oxygen atoms in total. The number of carbonyl (C=O) groups is 3. The second-order valence-electron chi connectivity index (χ2n) is 7.48. The van der Waals surface area contributed by atoms with Gasteiger partial charge in [0.2, 0.25) is 5.91 Å². The lowest BCUT2D eigenvalue weighted by Gasteiger charge is -2.32. The lowest BCUT2D eigenvalue weighted by molar-refractivity contribution is -0.125. The number of aromatic amines is 1. The van der Waals surface area contributed by atoms with Gasteiger partial charge in [-0.1, -0.05) is 13.8 Å². The van der Waals surface area contributed by atoms with E-state index in [-0.39, 0.29) is 23.7 Å². The number of aryl methyl sites for hydroxylation is 1. The van der Waals surface area contributed by atoms with Gasteiger partial charge in [-0.3, -0.25) is 14.5 Å². The van der Waals surface area contributed by atoms with Crippen LogP contribution in [-0.2, 0) is 9.53 Å². The molecule has 27 heavy (non-hydrogen) atoms. The lowest BCUT2D eigenvalue weighted by atomic mass is 10.0. The Morgan fingerprint density at radius 1 is 1.22 bits per heavy atom. The number of rotatable bonds is 7. The molecule has 2 rings (SSSR count). The third-order valence-electron chi connectivity index (χ3n) is 5.02. The quantitative estimate of drug-likeness (QED) is 0.562. The number of hydrogen-bond acceptors (Lipinski definition) is 5. The average molecular weight is 377 g/mol. The van der Waals surface area contributed by atoms with Crippen LogP contribution in [0.1, 0.15) is 65.7 Å². The van der Waals surface area contributed by atoms with Gasteiger partial charge in [0, 0.05) is 36.3 Å². The van der Waals surface area contributed by atoms with E-state index in [2.05, 4.69) is 15.2 Å². The summed E-state index contributed by atoms with van der Waals surface area (Å²) in [7, 11) is 0. The Kier molecular flexibility index (Phi) is 7.18. The zero-order valence-corrected chi connectivity index (χ0v) is 17.0. The van der Waals surface area contributed by atoms with Crippen LogP contribution >= 0.6 is 0 Å². The van der Waals surface area contributed by atoms with Crippen molar-refractivity contribution in [1.29, 1.82) is 0 Å². The van der Waals surface area contributed by atoms with E-state index in [1.54, 1.807) is 20.8 Å². The zero-order chi connectivity index (χ0) is 20.1. The van der Waals surface area contributed by atoms with Gasteiger partial charge in [0.05, 0.1) is 13.2 Å². The number of aromatic nitrogens is 1. The van der Waals surface area contributed by atoms with Gasteiger partial charge < -0.3 is 15.0 Å². The minimum atomic E-state index is -0.432. The highest BCUT2D eigenvalue weighted by atomic mass is 16.5. The molecule has 150 valence electrons. The standard InChI is InChI=1S/C20H31N3O4/c1-6-27-20(26)18-13(4)17(14(5)21-18)16(24)11-23-9-7-15(8-10-23)22-19(25)12(2)3/h12,15,21H,6-11H2,1-5H3,(H,22,25). The third-order valence-corrected chi connectivity index (χ3v) is 5.02. The van der Waals surface area contributed by atoms with Crippen molar-refractivity contribution in [3.05, 3.63) is 22.5 Å². The lowest BCUT2D eigenvalue weighted by Crippen LogP contribution is -2.46. The molecule has 1 amide bonds. The highest BCUT2D eigenvalue weighted by Crippen LogP contribution is 2.21. The summed E-state index contributed by atoms with van der Waals surface area (Å²) in [5.74, 6) is -0.368. The first-order valence-corrected chi connectivity index (χ1v) is 9.66. The number of amides is 1. The van der Waals surface area contributed by atoms with Gasteiger partial charge in [0.15, 0.2) is 5.78 Å². The van der Waals surface area contributed by atoms with Crippen molar-refractivity contribution in [2.75, 3.05) is 26.2 Å². The van der Waals surface area contributed by atoms with E-state index in [1.165, 1.54) is 0 Å². The van der Waals surface area contributed by atoms with Crippen LogP contribution in [0.5, 0.6) is 0 Å². The maximum absolute atomic E-state index is 12.8. The predicted octanol–water partition coefficient (Wildman–Crippen LogP) is 2.23. The number of nitrogens with zero attached hydrogens (tertiary/aromatic N) is 1. The van der Waals surface area contributed by atoms with Crippen molar-refractivity contribution in [1.82, 2.24) is 15.2 Å². The molecular weight excluding hydrogens is 346 g/mol. The van der Waals surface area contributed by atoms with Gasteiger partial charge in [-0.15, -0.1) is 0 Å². The summed E-state index contributed by atoms with van der Waals surface area (Å²) in [5, 5.41) is 3.06. The van der Waals surface area contributed by atoms with E-state index in [9.17, 15) is 14.4 Å². The molecular formula is C20H31N3O4. The maximum atomic E-state index is 12.8. The number of hydrogen-bond donors (Lipinski definition) is 2. The van der Waals surface area contributed by atoms with Gasteiger partial charge in [0.1, 0.15) is 5.69 Å². The second-order valence-corrected chi connectivity index (χ2v) is 7.48. The smallest absolute Gasteiger partial charge is 0.355 e. The largest absolute Gasteiger partial charge is 0.461 e. The average Bonchev–Trinajstić information content (AvgIpc) is 2.91. The van der Waals surface area contributed by atoms with E-state index < -0.39 is 5.97 Å². The molecule has 0 aromatic carbocycles. The maximum Gasteiger partial charge on any atom is 0.355 e. The summed E-state index contributed by atoms with van der Waals surface area (Å²) in [4.78, 5) is 41.7. The Hall–Kier alpha value is -2.15. The fourth-order valence-corrected chi connectivity index (χ4v) is 3.46. The van der Waals surface area contributed by atoms with Gasteiger partial charge >= 0.3 is 5.97 Å². The van der Waals surface area contributed by atoms with E-state index in [0.29, 0.717) is 35.7 Å². The number of esters is 1. The van der Waals surface area contributed by atoms with Crippen molar-refractivity contribution in [2.24, 2.45) is 5.92 Å².